The molecule has 16 heavy (non-hydrogen) atoms. The first-order chi connectivity index (χ1) is 7.75. The van der Waals surface area contributed by atoms with Gasteiger partial charge in [0.15, 0.2) is 6.10 Å². The fourth-order valence-electron chi connectivity index (χ4n) is 2.25. The molecule has 94 valence electrons. The molecule has 0 aliphatic heterocycles. The van der Waals surface area contributed by atoms with Crippen LogP contribution in [0.25, 0.3) is 0 Å². The zero-order chi connectivity index (χ0) is 11.8. The molecular weight excluding hydrogens is 204 g/mol. The van der Waals surface area contributed by atoms with E-state index in [1.165, 1.54) is 6.42 Å². The predicted molar refractivity (Wildman–Crippen MR) is 63.1 cm³/mol. The minimum Gasteiger partial charge on any atom is -0.464 e. The van der Waals surface area contributed by atoms with Gasteiger partial charge < -0.3 is 9.84 Å². The fraction of sp³-hybridized carbons (Fsp3) is 0.923. The third-order valence-electron chi connectivity index (χ3n) is 3.33. The van der Waals surface area contributed by atoms with Gasteiger partial charge in [0.05, 0.1) is 6.61 Å². The van der Waals surface area contributed by atoms with Crippen molar-refractivity contribution >= 4 is 5.97 Å². The molecule has 1 aliphatic carbocycles. The summed E-state index contributed by atoms with van der Waals surface area (Å²) in [6.07, 6.45) is 7.62. The normalized spacial score (nSPS) is 19.4. The molecule has 1 rings (SSSR count). The second-order valence-corrected chi connectivity index (χ2v) is 4.72. The molecule has 1 fully saturated rings. The Morgan fingerprint density at radius 3 is 2.62 bits per heavy atom. The Balaban J connectivity index is 2.18. The molecule has 0 radical (unpaired) electrons. The highest BCUT2D eigenvalue weighted by molar-refractivity contribution is 5.74. The summed E-state index contributed by atoms with van der Waals surface area (Å²) in [5.74, 6) is -0.282. The van der Waals surface area contributed by atoms with Gasteiger partial charge in [-0.25, -0.2) is 4.79 Å². The second-order valence-electron chi connectivity index (χ2n) is 4.72. The molecule has 1 atom stereocenters. The van der Waals surface area contributed by atoms with Gasteiger partial charge in [-0.15, -0.1) is 0 Å². The van der Waals surface area contributed by atoms with Crippen LogP contribution in [-0.2, 0) is 9.53 Å². The number of unbranched alkanes of at least 4 members (excludes halogenated alkanes) is 2. The number of rotatable bonds is 6. The molecule has 1 aliphatic rings. The lowest BCUT2D eigenvalue weighted by Crippen LogP contribution is -2.32. The Morgan fingerprint density at radius 1 is 1.31 bits per heavy atom. The van der Waals surface area contributed by atoms with E-state index in [4.69, 9.17) is 4.74 Å². The van der Waals surface area contributed by atoms with E-state index in [9.17, 15) is 9.90 Å². The maximum Gasteiger partial charge on any atom is 0.335 e. The summed E-state index contributed by atoms with van der Waals surface area (Å²) in [5.41, 5.74) is 0. The maximum absolute atomic E-state index is 11.5. The van der Waals surface area contributed by atoms with Crippen molar-refractivity contribution in [2.24, 2.45) is 5.92 Å². The van der Waals surface area contributed by atoms with Gasteiger partial charge in [0.2, 0.25) is 0 Å². The van der Waals surface area contributed by atoms with E-state index >= 15 is 0 Å². The van der Waals surface area contributed by atoms with E-state index in [-0.39, 0.29) is 5.92 Å². The molecule has 0 aromatic carbocycles. The van der Waals surface area contributed by atoms with Crippen LogP contribution >= 0.6 is 0 Å². The average Bonchev–Trinajstić information content (AvgIpc) is 2.34. The van der Waals surface area contributed by atoms with Crippen LogP contribution in [0.2, 0.25) is 0 Å². The van der Waals surface area contributed by atoms with Crippen molar-refractivity contribution in [3.8, 4) is 0 Å². The zero-order valence-electron chi connectivity index (χ0n) is 10.3. The van der Waals surface area contributed by atoms with Crippen LogP contribution in [0.4, 0.5) is 0 Å². The lowest BCUT2D eigenvalue weighted by Gasteiger charge is -2.25. The Kier molecular flexibility index (Phi) is 6.46. The minimum atomic E-state index is -0.887. The van der Waals surface area contributed by atoms with Gasteiger partial charge in [0.1, 0.15) is 0 Å². The van der Waals surface area contributed by atoms with Crippen molar-refractivity contribution in [1.29, 1.82) is 0 Å². The van der Waals surface area contributed by atoms with Crippen molar-refractivity contribution in [3.05, 3.63) is 0 Å². The van der Waals surface area contributed by atoms with E-state index in [0.29, 0.717) is 6.61 Å². The van der Waals surface area contributed by atoms with Crippen molar-refractivity contribution < 1.29 is 14.6 Å². The first-order valence-corrected chi connectivity index (χ1v) is 6.60. The number of aliphatic hydroxyl groups is 1. The quantitative estimate of drug-likeness (QED) is 0.561. The van der Waals surface area contributed by atoms with E-state index in [1.807, 2.05) is 0 Å². The lowest BCUT2D eigenvalue weighted by molar-refractivity contribution is -0.157. The maximum atomic E-state index is 11.5. The predicted octanol–water partition coefficient (Wildman–Crippen LogP) is 2.66. The van der Waals surface area contributed by atoms with Gasteiger partial charge >= 0.3 is 5.97 Å². The minimum absolute atomic E-state index is 0.132. The Hall–Kier alpha value is -0.570. The first kappa shape index (κ1) is 13.5. The van der Waals surface area contributed by atoms with Crippen molar-refractivity contribution in [3.63, 3.8) is 0 Å². The number of ether oxygens (including phenoxy) is 1. The van der Waals surface area contributed by atoms with Crippen LogP contribution in [-0.4, -0.2) is 23.8 Å². The number of carbonyl (C=O) groups is 1. The SMILES string of the molecule is CCCCCOC(=O)[C@@H](O)C1CCCCC1. The van der Waals surface area contributed by atoms with Crippen LogP contribution < -0.4 is 0 Å². The summed E-state index contributed by atoms with van der Waals surface area (Å²) in [6, 6.07) is 0. The van der Waals surface area contributed by atoms with E-state index in [1.54, 1.807) is 0 Å². The molecule has 1 saturated carbocycles. The zero-order valence-corrected chi connectivity index (χ0v) is 10.3. The largest absolute Gasteiger partial charge is 0.464 e. The van der Waals surface area contributed by atoms with E-state index in [2.05, 4.69) is 6.92 Å². The summed E-state index contributed by atoms with van der Waals surface area (Å²) in [7, 11) is 0. The van der Waals surface area contributed by atoms with Crippen LogP contribution in [0, 0.1) is 5.92 Å². The molecule has 0 aromatic heterocycles. The monoisotopic (exact) mass is 228 g/mol. The van der Waals surface area contributed by atoms with Gasteiger partial charge in [0, 0.05) is 0 Å². The third-order valence-corrected chi connectivity index (χ3v) is 3.33. The van der Waals surface area contributed by atoms with Crippen molar-refractivity contribution in [1.82, 2.24) is 0 Å². The smallest absolute Gasteiger partial charge is 0.335 e. The highest BCUT2D eigenvalue weighted by atomic mass is 16.5. The summed E-state index contributed by atoms with van der Waals surface area (Å²) < 4.78 is 5.07. The number of aliphatic hydroxyl groups excluding tert-OH is 1. The molecular formula is C13H24O3. The Bertz CT molecular complexity index is 197. The molecule has 3 heteroatoms. The van der Waals surface area contributed by atoms with Crippen LogP contribution in [0.5, 0.6) is 0 Å². The van der Waals surface area contributed by atoms with E-state index < -0.39 is 12.1 Å². The average molecular weight is 228 g/mol. The van der Waals surface area contributed by atoms with Crippen molar-refractivity contribution in [2.45, 2.75) is 64.4 Å². The van der Waals surface area contributed by atoms with Gasteiger partial charge in [-0.05, 0) is 25.2 Å². The second kappa shape index (κ2) is 7.66. The fourth-order valence-corrected chi connectivity index (χ4v) is 2.25. The molecule has 0 aromatic rings. The number of hydrogen-bond donors (Lipinski definition) is 1. The Morgan fingerprint density at radius 2 is 2.00 bits per heavy atom. The highest BCUT2D eigenvalue weighted by Gasteiger charge is 2.28. The van der Waals surface area contributed by atoms with Crippen molar-refractivity contribution in [2.75, 3.05) is 6.61 Å². The molecule has 0 unspecified atom stereocenters. The molecule has 0 spiro atoms. The summed E-state index contributed by atoms with van der Waals surface area (Å²) in [5, 5.41) is 9.82. The first-order valence-electron chi connectivity index (χ1n) is 6.60. The standard InChI is InChI=1S/C13H24O3/c1-2-3-7-10-16-13(15)12(14)11-8-5-4-6-9-11/h11-12,14H,2-10H2,1H3/t12-/m0/s1. The lowest BCUT2D eigenvalue weighted by atomic mass is 9.85. The van der Waals surface area contributed by atoms with Crippen LogP contribution in [0.3, 0.4) is 0 Å². The van der Waals surface area contributed by atoms with Gasteiger partial charge in [-0.3, -0.25) is 0 Å². The van der Waals surface area contributed by atoms with E-state index in [0.717, 1.165) is 44.9 Å². The summed E-state index contributed by atoms with van der Waals surface area (Å²) in [6.45, 7) is 2.56. The molecule has 3 nitrogen and oxygen atoms in total. The summed E-state index contributed by atoms with van der Waals surface area (Å²) in [4.78, 5) is 11.5. The number of carbonyl (C=O) groups excluding carboxylic acids is 1. The number of hydrogen-bond acceptors (Lipinski definition) is 3. The topological polar surface area (TPSA) is 46.5 Å². The highest BCUT2D eigenvalue weighted by Crippen LogP contribution is 2.26. The molecule has 1 N–H and O–H groups in total. The summed E-state index contributed by atoms with van der Waals surface area (Å²) >= 11 is 0. The van der Waals surface area contributed by atoms with Crippen LogP contribution in [0.1, 0.15) is 58.3 Å². The van der Waals surface area contributed by atoms with Gasteiger partial charge in [-0.1, -0.05) is 39.0 Å². The van der Waals surface area contributed by atoms with Gasteiger partial charge in [0.25, 0.3) is 0 Å². The molecule has 0 bridgehead atoms. The van der Waals surface area contributed by atoms with Gasteiger partial charge in [-0.2, -0.15) is 0 Å². The molecule has 0 saturated heterocycles. The Labute approximate surface area is 98.2 Å². The van der Waals surface area contributed by atoms with Crippen LogP contribution in [0.15, 0.2) is 0 Å². The number of esters is 1. The third kappa shape index (κ3) is 4.52. The molecule has 0 heterocycles. The molecule has 0 amide bonds.